The Hall–Kier alpha value is -2.40. The molecule has 110 valence electrons. The van der Waals surface area contributed by atoms with Crippen LogP contribution in [-0.2, 0) is 0 Å². The summed E-state index contributed by atoms with van der Waals surface area (Å²) in [5.74, 6) is 0.493. The Bertz CT molecular complexity index is 674. The van der Waals surface area contributed by atoms with Gasteiger partial charge in [0.25, 0.3) is 0 Å². The average molecular weight is 306 g/mol. The fourth-order valence-corrected chi connectivity index (χ4v) is 1.95. The molecule has 0 aliphatic heterocycles. The maximum absolute atomic E-state index is 12.0. The van der Waals surface area contributed by atoms with Crippen molar-refractivity contribution in [2.24, 2.45) is 0 Å². The van der Waals surface area contributed by atoms with Gasteiger partial charge in [0.1, 0.15) is 5.75 Å². The molecular weight excluding hydrogens is 290 g/mol. The van der Waals surface area contributed by atoms with Crippen LogP contribution < -0.4 is 21.1 Å². The zero-order valence-corrected chi connectivity index (χ0v) is 12.5. The summed E-state index contributed by atoms with van der Waals surface area (Å²) in [6.45, 7) is 1.89. The topological polar surface area (TPSA) is 76.4 Å². The lowest BCUT2D eigenvalue weighted by Gasteiger charge is -2.12. The van der Waals surface area contributed by atoms with Crippen molar-refractivity contribution in [2.75, 3.05) is 23.5 Å². The average Bonchev–Trinajstić information content (AvgIpc) is 2.44. The number of halogens is 1. The number of hydrogen-bond acceptors (Lipinski definition) is 3. The number of nitrogens with one attached hydrogen (secondary N) is 2. The van der Waals surface area contributed by atoms with E-state index in [9.17, 15) is 4.79 Å². The molecule has 0 saturated carbocycles. The van der Waals surface area contributed by atoms with Crippen molar-refractivity contribution in [1.29, 1.82) is 0 Å². The van der Waals surface area contributed by atoms with Crippen LogP contribution in [-0.4, -0.2) is 13.1 Å². The zero-order valence-electron chi connectivity index (χ0n) is 11.7. The minimum absolute atomic E-state index is 0.391. The number of methoxy groups -OCH3 is 1. The standard InChI is InChI=1S/C15H16ClN3O2/c1-9-3-5-11(8-12(9)16)18-15(20)19-13-6-4-10(17)7-14(13)21-2/h3-8H,17H2,1-2H3,(H2,18,19,20). The van der Waals surface area contributed by atoms with Gasteiger partial charge < -0.3 is 21.1 Å². The van der Waals surface area contributed by atoms with Crippen molar-refractivity contribution < 1.29 is 9.53 Å². The number of nitrogen functional groups attached to an aromatic ring is 1. The van der Waals surface area contributed by atoms with Gasteiger partial charge in [-0.1, -0.05) is 17.7 Å². The molecule has 0 saturated heterocycles. The number of rotatable bonds is 3. The highest BCUT2D eigenvalue weighted by atomic mass is 35.5. The number of hydrogen-bond donors (Lipinski definition) is 3. The first kappa shape index (κ1) is 15.0. The van der Waals surface area contributed by atoms with Gasteiger partial charge in [0.2, 0.25) is 0 Å². The summed E-state index contributed by atoms with van der Waals surface area (Å²) < 4.78 is 5.17. The lowest BCUT2D eigenvalue weighted by molar-refractivity contribution is 0.262. The first-order chi connectivity index (χ1) is 9.99. The van der Waals surface area contributed by atoms with Gasteiger partial charge in [0.15, 0.2) is 0 Å². The van der Waals surface area contributed by atoms with Gasteiger partial charge in [0.05, 0.1) is 12.8 Å². The predicted molar refractivity (Wildman–Crippen MR) is 86.2 cm³/mol. The molecule has 0 spiro atoms. The highest BCUT2D eigenvalue weighted by molar-refractivity contribution is 6.31. The Kier molecular flexibility index (Phi) is 4.55. The van der Waals surface area contributed by atoms with Crippen LogP contribution in [0.5, 0.6) is 5.75 Å². The second-order valence-electron chi connectivity index (χ2n) is 4.50. The molecule has 5 nitrogen and oxygen atoms in total. The molecular formula is C15H16ClN3O2. The number of amides is 2. The van der Waals surface area contributed by atoms with Crippen LogP contribution in [0.4, 0.5) is 21.9 Å². The minimum atomic E-state index is -0.391. The molecule has 0 unspecified atom stereocenters. The van der Waals surface area contributed by atoms with Gasteiger partial charge in [-0.3, -0.25) is 0 Å². The van der Waals surface area contributed by atoms with Crippen LogP contribution in [0.1, 0.15) is 5.56 Å². The Morgan fingerprint density at radius 1 is 1.19 bits per heavy atom. The fourth-order valence-electron chi connectivity index (χ4n) is 1.77. The molecule has 0 aliphatic carbocycles. The molecule has 2 amide bonds. The van der Waals surface area contributed by atoms with Crippen LogP contribution in [0, 0.1) is 6.92 Å². The SMILES string of the molecule is COc1cc(N)ccc1NC(=O)Nc1ccc(C)c(Cl)c1. The van der Waals surface area contributed by atoms with E-state index in [1.165, 1.54) is 7.11 Å². The third-order valence-electron chi connectivity index (χ3n) is 2.90. The molecule has 0 radical (unpaired) electrons. The second-order valence-corrected chi connectivity index (χ2v) is 4.91. The van der Waals surface area contributed by atoms with Crippen molar-refractivity contribution in [3.05, 3.63) is 47.0 Å². The van der Waals surface area contributed by atoms with Gasteiger partial charge in [-0.15, -0.1) is 0 Å². The van der Waals surface area contributed by atoms with Gasteiger partial charge in [-0.25, -0.2) is 4.79 Å². The molecule has 0 heterocycles. The number of urea groups is 1. The summed E-state index contributed by atoms with van der Waals surface area (Å²) in [5, 5.41) is 6.00. The van der Waals surface area contributed by atoms with Crippen molar-refractivity contribution in [3.63, 3.8) is 0 Å². The lowest BCUT2D eigenvalue weighted by Crippen LogP contribution is -2.19. The fraction of sp³-hybridized carbons (Fsp3) is 0.133. The number of anilines is 3. The largest absolute Gasteiger partial charge is 0.494 e. The molecule has 0 atom stereocenters. The molecule has 0 aliphatic rings. The molecule has 4 N–H and O–H groups in total. The maximum atomic E-state index is 12.0. The van der Waals surface area contributed by atoms with Crippen molar-refractivity contribution in [3.8, 4) is 5.75 Å². The number of carbonyl (C=O) groups is 1. The Balaban J connectivity index is 2.09. The van der Waals surface area contributed by atoms with E-state index >= 15 is 0 Å². The summed E-state index contributed by atoms with van der Waals surface area (Å²) >= 11 is 6.02. The Morgan fingerprint density at radius 3 is 2.62 bits per heavy atom. The number of benzene rings is 2. The van der Waals surface area contributed by atoms with E-state index in [1.807, 2.05) is 13.0 Å². The van der Waals surface area contributed by atoms with E-state index < -0.39 is 6.03 Å². The van der Waals surface area contributed by atoms with E-state index in [2.05, 4.69) is 10.6 Å². The maximum Gasteiger partial charge on any atom is 0.323 e. The number of carbonyl (C=O) groups excluding carboxylic acids is 1. The number of nitrogens with two attached hydrogens (primary N) is 1. The summed E-state index contributed by atoms with van der Waals surface area (Å²) in [6.07, 6.45) is 0. The highest BCUT2D eigenvalue weighted by Crippen LogP contribution is 2.27. The van der Waals surface area contributed by atoms with E-state index in [4.69, 9.17) is 22.1 Å². The normalized spacial score (nSPS) is 10.0. The Morgan fingerprint density at radius 2 is 1.95 bits per heavy atom. The third kappa shape index (κ3) is 3.79. The first-order valence-corrected chi connectivity index (χ1v) is 6.65. The highest BCUT2D eigenvalue weighted by Gasteiger charge is 2.08. The molecule has 2 aromatic carbocycles. The molecule has 0 aromatic heterocycles. The van der Waals surface area contributed by atoms with Crippen LogP contribution in [0.3, 0.4) is 0 Å². The van der Waals surface area contributed by atoms with E-state index in [-0.39, 0.29) is 0 Å². The van der Waals surface area contributed by atoms with Crippen molar-refractivity contribution >= 4 is 34.7 Å². The molecule has 2 aromatic rings. The monoisotopic (exact) mass is 305 g/mol. The third-order valence-corrected chi connectivity index (χ3v) is 3.31. The van der Waals surface area contributed by atoms with E-state index in [0.29, 0.717) is 27.8 Å². The zero-order chi connectivity index (χ0) is 15.4. The molecule has 0 bridgehead atoms. The van der Waals surface area contributed by atoms with Gasteiger partial charge >= 0.3 is 6.03 Å². The van der Waals surface area contributed by atoms with Crippen LogP contribution in [0.25, 0.3) is 0 Å². The van der Waals surface area contributed by atoms with Gasteiger partial charge in [-0.05, 0) is 36.8 Å². The minimum Gasteiger partial charge on any atom is -0.494 e. The van der Waals surface area contributed by atoms with E-state index in [0.717, 1.165) is 5.56 Å². The number of aryl methyl sites for hydroxylation is 1. The molecule has 2 rings (SSSR count). The Labute approximate surface area is 128 Å². The summed E-state index contributed by atoms with van der Waals surface area (Å²) in [7, 11) is 1.51. The van der Waals surface area contributed by atoms with Crippen molar-refractivity contribution in [2.45, 2.75) is 6.92 Å². The van der Waals surface area contributed by atoms with E-state index in [1.54, 1.807) is 30.3 Å². The van der Waals surface area contributed by atoms with Crippen LogP contribution in [0.15, 0.2) is 36.4 Å². The number of ether oxygens (including phenoxy) is 1. The first-order valence-electron chi connectivity index (χ1n) is 6.27. The summed E-state index contributed by atoms with van der Waals surface area (Å²) in [5.41, 5.74) is 8.31. The van der Waals surface area contributed by atoms with Crippen LogP contribution in [0.2, 0.25) is 5.02 Å². The predicted octanol–water partition coefficient (Wildman–Crippen LogP) is 3.88. The van der Waals surface area contributed by atoms with Gasteiger partial charge in [-0.2, -0.15) is 0 Å². The van der Waals surface area contributed by atoms with Crippen molar-refractivity contribution in [1.82, 2.24) is 0 Å². The molecule has 21 heavy (non-hydrogen) atoms. The smallest absolute Gasteiger partial charge is 0.323 e. The quantitative estimate of drug-likeness (QED) is 0.753. The molecule has 6 heteroatoms. The molecule has 0 fully saturated rings. The second kappa shape index (κ2) is 6.37. The summed E-state index contributed by atoms with van der Waals surface area (Å²) in [4.78, 5) is 12.0. The summed E-state index contributed by atoms with van der Waals surface area (Å²) in [6, 6.07) is 9.91. The van der Waals surface area contributed by atoms with Gasteiger partial charge in [0, 0.05) is 22.5 Å². The van der Waals surface area contributed by atoms with Crippen LogP contribution >= 0.6 is 11.6 Å². The lowest BCUT2D eigenvalue weighted by atomic mass is 10.2.